The lowest BCUT2D eigenvalue weighted by Gasteiger charge is -2.16. The fraction of sp³-hybridized carbons (Fsp3) is 0.333. The molecule has 0 saturated carbocycles. The first kappa shape index (κ1) is 19.3. The van der Waals surface area contributed by atoms with Crippen LogP contribution in [0.25, 0.3) is 0 Å². The zero-order valence-electron chi connectivity index (χ0n) is 11.1. The van der Waals surface area contributed by atoms with Crippen LogP contribution in [0.3, 0.4) is 0 Å². The Hall–Kier alpha value is -0.690. The Kier molecular flexibility index (Phi) is 8.96. The highest BCUT2D eigenvalue weighted by atomic mass is 35.5. The number of thiocarbonyl (C=S) groups is 1. The van der Waals surface area contributed by atoms with Crippen molar-refractivity contribution in [3.63, 3.8) is 0 Å². The largest absolute Gasteiger partial charge is 0.478 e. The Bertz CT molecular complexity index is 495. The van der Waals surface area contributed by atoms with E-state index in [0.29, 0.717) is 4.32 Å². The molecule has 0 amide bonds. The van der Waals surface area contributed by atoms with E-state index in [2.05, 4.69) is 26.5 Å². The normalized spacial score (nSPS) is 9.45. The van der Waals surface area contributed by atoms with Gasteiger partial charge in [0.05, 0.1) is 16.3 Å². The number of carboxylic acid groups (broad SMARTS) is 1. The van der Waals surface area contributed by atoms with Gasteiger partial charge in [0.2, 0.25) is 0 Å². The van der Waals surface area contributed by atoms with Gasteiger partial charge in [0, 0.05) is 18.1 Å². The third-order valence-corrected chi connectivity index (χ3v) is 3.51. The monoisotopic (exact) mass is 354 g/mol. The lowest BCUT2D eigenvalue weighted by Crippen LogP contribution is -2.24. The van der Waals surface area contributed by atoms with E-state index in [9.17, 15) is 4.79 Å². The zero-order chi connectivity index (χ0) is 15.9. The average molecular weight is 355 g/mol. The van der Waals surface area contributed by atoms with E-state index >= 15 is 0 Å². The molecule has 0 fully saturated rings. The van der Waals surface area contributed by atoms with Crippen LogP contribution in [-0.2, 0) is 0 Å². The first-order valence-electron chi connectivity index (χ1n) is 5.70. The molecular weight excluding hydrogens is 339 g/mol. The van der Waals surface area contributed by atoms with E-state index < -0.39 is 5.97 Å². The SMILES string of the molecule is CCN(CC)C(=S)S.Nc1cc(Cl)cc(C(=O)O)c1Cl. The van der Waals surface area contributed by atoms with Crippen LogP contribution in [0.5, 0.6) is 0 Å². The first-order chi connectivity index (χ1) is 9.24. The summed E-state index contributed by atoms with van der Waals surface area (Å²) in [4.78, 5) is 12.5. The van der Waals surface area contributed by atoms with Crippen molar-refractivity contribution in [1.82, 2.24) is 4.90 Å². The van der Waals surface area contributed by atoms with Crippen LogP contribution in [0.1, 0.15) is 24.2 Å². The van der Waals surface area contributed by atoms with E-state index in [4.69, 9.17) is 46.3 Å². The number of hydrogen-bond acceptors (Lipinski definition) is 3. The number of carboxylic acids is 1. The number of thiol groups is 1. The number of nitrogen functional groups attached to an aromatic ring is 1. The minimum Gasteiger partial charge on any atom is -0.478 e. The predicted molar refractivity (Wildman–Crippen MR) is 92.3 cm³/mol. The van der Waals surface area contributed by atoms with Crippen molar-refractivity contribution >= 4 is 64.0 Å². The summed E-state index contributed by atoms with van der Waals surface area (Å²) in [5, 5.41) is 8.89. The fourth-order valence-electron chi connectivity index (χ4n) is 1.26. The molecule has 0 heterocycles. The van der Waals surface area contributed by atoms with Crippen molar-refractivity contribution in [3.8, 4) is 0 Å². The van der Waals surface area contributed by atoms with Crippen molar-refractivity contribution in [2.45, 2.75) is 13.8 Å². The van der Waals surface area contributed by atoms with Gasteiger partial charge in [-0.2, -0.15) is 0 Å². The first-order valence-corrected chi connectivity index (χ1v) is 7.31. The minimum absolute atomic E-state index is 0.0203. The number of benzene rings is 1. The summed E-state index contributed by atoms with van der Waals surface area (Å²) >= 11 is 20.0. The molecule has 0 aliphatic rings. The summed E-state index contributed by atoms with van der Waals surface area (Å²) < 4.78 is 0.690. The molecule has 0 saturated heterocycles. The van der Waals surface area contributed by atoms with Gasteiger partial charge in [-0.3, -0.25) is 0 Å². The summed E-state index contributed by atoms with van der Waals surface area (Å²) in [6.07, 6.45) is 0. The second-order valence-electron chi connectivity index (χ2n) is 3.62. The summed E-state index contributed by atoms with van der Waals surface area (Å²) in [6, 6.07) is 2.65. The van der Waals surface area contributed by atoms with Crippen LogP contribution < -0.4 is 5.73 Å². The van der Waals surface area contributed by atoms with Gasteiger partial charge in [-0.1, -0.05) is 35.4 Å². The van der Waals surface area contributed by atoms with Gasteiger partial charge in [0.1, 0.15) is 4.32 Å². The molecule has 3 N–H and O–H groups in total. The van der Waals surface area contributed by atoms with Crippen LogP contribution in [-0.4, -0.2) is 33.4 Å². The van der Waals surface area contributed by atoms with Gasteiger partial charge in [-0.05, 0) is 26.0 Å². The van der Waals surface area contributed by atoms with E-state index in [1.807, 2.05) is 4.90 Å². The number of rotatable bonds is 3. The molecule has 4 nitrogen and oxygen atoms in total. The lowest BCUT2D eigenvalue weighted by molar-refractivity contribution is 0.0697. The molecule has 1 aromatic carbocycles. The van der Waals surface area contributed by atoms with Crippen molar-refractivity contribution in [3.05, 3.63) is 27.7 Å². The molecular formula is C12H16Cl2N2O2S2. The molecule has 0 unspecified atom stereocenters. The highest BCUT2D eigenvalue weighted by Gasteiger charge is 2.11. The maximum atomic E-state index is 10.5. The third kappa shape index (κ3) is 6.17. The molecule has 0 aliphatic carbocycles. The standard InChI is InChI=1S/C7H5Cl2NO2.C5H11NS2/c8-3-1-4(7(11)12)6(9)5(10)2-3;1-3-6(4-2)5(7)8/h1-2H,10H2,(H,11,12);3-4H2,1-2H3,(H,7,8). The summed E-state index contributed by atoms with van der Waals surface area (Å²) in [5.74, 6) is -1.14. The van der Waals surface area contributed by atoms with Gasteiger partial charge in [-0.25, -0.2) is 4.79 Å². The van der Waals surface area contributed by atoms with Crippen molar-refractivity contribution in [2.24, 2.45) is 0 Å². The topological polar surface area (TPSA) is 66.6 Å². The summed E-state index contributed by atoms with van der Waals surface area (Å²) in [5.41, 5.74) is 5.47. The molecule has 1 aromatic rings. The minimum atomic E-state index is -1.14. The van der Waals surface area contributed by atoms with E-state index in [1.54, 1.807) is 0 Å². The Morgan fingerprint density at radius 3 is 2.20 bits per heavy atom. The highest BCUT2D eigenvalue weighted by Crippen LogP contribution is 2.27. The summed E-state index contributed by atoms with van der Waals surface area (Å²) in [7, 11) is 0. The molecule has 20 heavy (non-hydrogen) atoms. The number of carbonyl (C=O) groups is 1. The van der Waals surface area contributed by atoms with Crippen molar-refractivity contribution in [1.29, 1.82) is 0 Å². The van der Waals surface area contributed by atoms with Crippen molar-refractivity contribution in [2.75, 3.05) is 18.8 Å². The van der Waals surface area contributed by atoms with Crippen LogP contribution in [0.2, 0.25) is 10.0 Å². The molecule has 0 aromatic heterocycles. The molecule has 0 radical (unpaired) electrons. The second kappa shape index (κ2) is 9.28. The van der Waals surface area contributed by atoms with E-state index in [-0.39, 0.29) is 21.3 Å². The van der Waals surface area contributed by atoms with Crippen LogP contribution in [0.4, 0.5) is 5.69 Å². The van der Waals surface area contributed by atoms with Gasteiger partial charge in [0.25, 0.3) is 0 Å². The van der Waals surface area contributed by atoms with Crippen molar-refractivity contribution < 1.29 is 9.90 Å². The third-order valence-electron chi connectivity index (χ3n) is 2.33. The molecule has 0 atom stereocenters. The number of halogens is 2. The molecule has 112 valence electrons. The van der Waals surface area contributed by atoms with E-state index in [1.165, 1.54) is 12.1 Å². The molecule has 0 spiro atoms. The maximum absolute atomic E-state index is 10.5. The summed E-state index contributed by atoms with van der Waals surface area (Å²) in [6.45, 7) is 6.04. The Balaban J connectivity index is 0.000000396. The molecule has 1 rings (SSSR count). The Morgan fingerprint density at radius 1 is 1.40 bits per heavy atom. The number of aromatic carboxylic acids is 1. The molecule has 8 heteroatoms. The maximum Gasteiger partial charge on any atom is 0.337 e. The van der Waals surface area contributed by atoms with Crippen LogP contribution in [0.15, 0.2) is 12.1 Å². The highest BCUT2D eigenvalue weighted by molar-refractivity contribution is 8.10. The fourth-order valence-corrected chi connectivity index (χ4v) is 2.22. The average Bonchev–Trinajstić information content (AvgIpc) is 2.35. The second-order valence-corrected chi connectivity index (χ2v) is 5.54. The van der Waals surface area contributed by atoms with Gasteiger partial charge >= 0.3 is 5.97 Å². The zero-order valence-corrected chi connectivity index (χ0v) is 14.3. The van der Waals surface area contributed by atoms with Crippen LogP contribution >= 0.6 is 48.0 Å². The number of hydrogen-bond donors (Lipinski definition) is 3. The number of nitrogens with two attached hydrogens (primary N) is 1. The predicted octanol–water partition coefficient (Wildman–Crippen LogP) is 3.82. The van der Waals surface area contributed by atoms with Gasteiger partial charge < -0.3 is 15.7 Å². The number of nitrogens with zero attached hydrogens (tertiary/aromatic N) is 1. The number of anilines is 1. The molecule has 0 bridgehead atoms. The van der Waals surface area contributed by atoms with Crippen LogP contribution in [0, 0.1) is 0 Å². The van der Waals surface area contributed by atoms with E-state index in [0.717, 1.165) is 13.1 Å². The Labute approximate surface area is 139 Å². The Morgan fingerprint density at radius 2 is 1.90 bits per heavy atom. The lowest BCUT2D eigenvalue weighted by atomic mass is 10.2. The smallest absolute Gasteiger partial charge is 0.337 e. The van der Waals surface area contributed by atoms with Gasteiger partial charge in [0.15, 0.2) is 0 Å². The molecule has 0 aliphatic heterocycles. The quantitative estimate of drug-likeness (QED) is 0.437. The van der Waals surface area contributed by atoms with Gasteiger partial charge in [-0.15, -0.1) is 12.6 Å².